The van der Waals surface area contributed by atoms with E-state index in [0.717, 1.165) is 0 Å². The van der Waals surface area contributed by atoms with E-state index in [4.69, 9.17) is 9.47 Å². The first kappa shape index (κ1) is 17.1. The highest BCUT2D eigenvalue weighted by atomic mass is 16.6. The lowest BCUT2D eigenvalue weighted by Gasteiger charge is -2.18. The molecule has 1 heterocycles. The van der Waals surface area contributed by atoms with E-state index in [2.05, 4.69) is 10.6 Å². The van der Waals surface area contributed by atoms with Crippen molar-refractivity contribution in [2.24, 2.45) is 0 Å². The smallest absolute Gasteiger partial charge is 0.407 e. The van der Waals surface area contributed by atoms with Gasteiger partial charge in [-0.3, -0.25) is 0 Å². The van der Waals surface area contributed by atoms with Crippen LogP contribution < -0.4 is 15.1 Å². The van der Waals surface area contributed by atoms with Crippen molar-refractivity contribution in [2.45, 2.75) is 13.2 Å². The maximum absolute atomic E-state index is 12.5. The molecule has 0 atom stereocenters. The Bertz CT molecular complexity index is 832. The maximum Gasteiger partial charge on any atom is 0.407 e. The van der Waals surface area contributed by atoms with E-state index in [1.807, 2.05) is 0 Å². The molecule has 24 heavy (non-hydrogen) atoms. The monoisotopic (exact) mass is 336 g/mol. The third-order valence-corrected chi connectivity index (χ3v) is 3.23. The number of fused-ring (bicyclic) bond motifs is 1. The van der Waals surface area contributed by atoms with E-state index in [1.165, 1.54) is 26.2 Å². The lowest BCUT2D eigenvalue weighted by molar-refractivity contribution is -0.479. The Morgan fingerprint density at radius 1 is 1.12 bits per heavy atom. The van der Waals surface area contributed by atoms with Crippen LogP contribution in [-0.4, -0.2) is 31.0 Å². The summed E-state index contributed by atoms with van der Waals surface area (Å²) in [4.78, 5) is 35.0. The van der Waals surface area contributed by atoms with Gasteiger partial charge in [-0.2, -0.15) is 0 Å². The van der Waals surface area contributed by atoms with Crippen LogP contribution >= 0.6 is 0 Å². The minimum atomic E-state index is -0.765. The Balaban J connectivity index is 2.53. The normalized spacial score (nSPS) is 10.2. The predicted molar refractivity (Wildman–Crippen MR) is 82.6 cm³/mol. The van der Waals surface area contributed by atoms with Gasteiger partial charge in [-0.1, -0.05) is 12.1 Å². The van der Waals surface area contributed by atoms with Gasteiger partial charge in [-0.05, 0) is 6.07 Å². The largest absolute Gasteiger partial charge is 0.805 e. The molecule has 0 saturated carbocycles. The van der Waals surface area contributed by atoms with Crippen molar-refractivity contribution in [1.82, 2.24) is 15.4 Å². The van der Waals surface area contributed by atoms with Crippen molar-refractivity contribution < 1.29 is 23.5 Å². The Kier molecular flexibility index (Phi) is 5.20. The van der Waals surface area contributed by atoms with Gasteiger partial charge in [0.2, 0.25) is 0 Å². The second kappa shape index (κ2) is 7.31. The number of para-hydroxylation sites is 2. The number of ether oxygens (including phenoxy) is 2. The number of carbonyl (C=O) groups excluding carboxylic acids is 2. The topological polar surface area (TPSA) is 128 Å². The first-order chi connectivity index (χ1) is 11.5. The molecule has 0 saturated heterocycles. The molecule has 2 rings (SSSR count). The average molecular weight is 336 g/mol. The van der Waals surface area contributed by atoms with Gasteiger partial charge in [0.05, 0.1) is 4.43 Å². The highest BCUT2D eigenvalue weighted by Crippen LogP contribution is 2.16. The summed E-state index contributed by atoms with van der Waals surface area (Å²) >= 11 is 0. The molecule has 2 aromatic rings. The number of hydrogen-bond donors (Lipinski definition) is 2. The zero-order chi connectivity index (χ0) is 17.7. The van der Waals surface area contributed by atoms with Crippen LogP contribution in [0.1, 0.15) is 11.4 Å². The van der Waals surface area contributed by atoms with Gasteiger partial charge >= 0.3 is 12.2 Å². The number of alkyl carbamates (subject to hydrolysis) is 2. The summed E-state index contributed by atoms with van der Waals surface area (Å²) < 4.78 is 10.7. The van der Waals surface area contributed by atoms with Crippen molar-refractivity contribution >= 4 is 23.2 Å². The summed E-state index contributed by atoms with van der Waals surface area (Å²) in [5.74, 6) is 0. The summed E-state index contributed by atoms with van der Waals surface area (Å²) in [6.45, 7) is -0.911. The first-order valence-corrected chi connectivity index (χ1v) is 6.94. The molecular formula is C14H16N4O6. The average Bonchev–Trinajstić information content (AvgIpc) is 2.61. The molecule has 0 fully saturated rings. The zero-order valence-corrected chi connectivity index (χ0v) is 13.1. The Hall–Kier alpha value is -3.30. The fourth-order valence-electron chi connectivity index (χ4n) is 2.03. The Morgan fingerprint density at radius 3 is 2.33 bits per heavy atom. The molecule has 0 bridgehead atoms. The van der Waals surface area contributed by atoms with Crippen molar-refractivity contribution in [2.75, 3.05) is 14.1 Å². The third kappa shape index (κ3) is 3.37. The molecular weight excluding hydrogens is 320 g/mol. The van der Waals surface area contributed by atoms with E-state index in [-0.39, 0.29) is 22.4 Å². The van der Waals surface area contributed by atoms with Crippen LogP contribution in [0.2, 0.25) is 0 Å². The van der Waals surface area contributed by atoms with E-state index >= 15 is 0 Å². The second-order valence-corrected chi connectivity index (χ2v) is 4.62. The number of benzene rings is 1. The quantitative estimate of drug-likeness (QED) is 0.788. The molecule has 0 aliphatic carbocycles. The molecule has 10 nitrogen and oxygen atoms in total. The third-order valence-electron chi connectivity index (χ3n) is 3.23. The molecule has 2 N–H and O–H groups in total. The van der Waals surface area contributed by atoms with Gasteiger partial charge < -0.3 is 30.0 Å². The van der Waals surface area contributed by atoms with Gasteiger partial charge in [0.1, 0.15) is 17.8 Å². The fraction of sp³-hybridized carbons (Fsp3) is 0.286. The summed E-state index contributed by atoms with van der Waals surface area (Å²) in [6.07, 6.45) is -1.53. The number of nitrogens with one attached hydrogen (secondary N) is 2. The fourth-order valence-corrected chi connectivity index (χ4v) is 2.03. The van der Waals surface area contributed by atoms with E-state index < -0.39 is 25.4 Å². The van der Waals surface area contributed by atoms with Gasteiger partial charge in [0.15, 0.2) is 6.61 Å². The van der Waals surface area contributed by atoms with Crippen LogP contribution in [0.25, 0.3) is 11.0 Å². The molecule has 10 heteroatoms. The summed E-state index contributed by atoms with van der Waals surface area (Å²) in [7, 11) is 2.72. The van der Waals surface area contributed by atoms with E-state index in [9.17, 15) is 19.7 Å². The Labute approximate surface area is 136 Å². The summed E-state index contributed by atoms with van der Waals surface area (Å²) in [5, 5.41) is 17.0. The Morgan fingerprint density at radius 2 is 1.71 bits per heavy atom. The maximum atomic E-state index is 12.5. The van der Waals surface area contributed by atoms with Crippen LogP contribution in [-0.2, 0) is 22.7 Å². The second-order valence-electron chi connectivity index (χ2n) is 4.62. The number of carbonyl (C=O) groups is 2. The molecule has 0 aliphatic heterocycles. The zero-order valence-electron chi connectivity index (χ0n) is 13.1. The van der Waals surface area contributed by atoms with Crippen LogP contribution in [0.5, 0.6) is 0 Å². The lowest BCUT2D eigenvalue weighted by atomic mass is 10.2. The molecule has 1 aromatic heterocycles. The van der Waals surface area contributed by atoms with Crippen molar-refractivity contribution in [1.29, 1.82) is 0 Å². The van der Waals surface area contributed by atoms with Crippen LogP contribution in [0, 0.1) is 10.1 Å². The van der Waals surface area contributed by atoms with Crippen molar-refractivity contribution in [3.05, 3.63) is 45.8 Å². The first-order valence-electron chi connectivity index (χ1n) is 6.94. The van der Waals surface area contributed by atoms with Crippen LogP contribution in [0.15, 0.2) is 24.3 Å². The van der Waals surface area contributed by atoms with Gasteiger partial charge in [0, 0.05) is 25.1 Å². The summed E-state index contributed by atoms with van der Waals surface area (Å²) in [6, 6.07) is 6.12. The molecule has 0 aliphatic rings. The van der Waals surface area contributed by atoms with Crippen LogP contribution in [0.4, 0.5) is 9.59 Å². The number of amides is 2. The lowest BCUT2D eigenvalue weighted by Crippen LogP contribution is -2.31. The van der Waals surface area contributed by atoms with E-state index in [0.29, 0.717) is 9.16 Å². The van der Waals surface area contributed by atoms with Crippen molar-refractivity contribution in [3.8, 4) is 0 Å². The molecule has 0 radical (unpaired) electrons. The molecule has 0 unspecified atom stereocenters. The van der Waals surface area contributed by atoms with Crippen molar-refractivity contribution in [3.63, 3.8) is 0 Å². The minimum Gasteiger partial charge on any atom is -0.805 e. The number of nitrogens with zero attached hydrogens (tertiary/aromatic N) is 2. The summed E-state index contributed by atoms with van der Waals surface area (Å²) in [5.41, 5.74) is -0.0502. The molecule has 2 amide bonds. The van der Waals surface area contributed by atoms with Gasteiger partial charge in [0.25, 0.3) is 11.2 Å². The molecule has 1 aromatic carbocycles. The number of aromatic nitrogens is 2. The standard InChI is InChI=1S/C14H16N4O6/c1-15-13(19)23-7-11-12(8-24-14(20)16-2)18(22)10-6-4-3-5-9(10)17(11)21/h3-6H,7-8H2,1-2H3,(H,15,19)(H,16,20). The SMILES string of the molecule is CNC(=O)OCc1c(COC(=O)NC)[n+](=O)c2ccccc2n1[O-]. The predicted octanol–water partition coefficient (Wildman–Crippen LogP) is 0.614. The highest BCUT2D eigenvalue weighted by Gasteiger charge is 2.24. The van der Waals surface area contributed by atoms with Gasteiger partial charge in [-0.15, -0.1) is 0 Å². The highest BCUT2D eigenvalue weighted by molar-refractivity contribution is 5.72. The van der Waals surface area contributed by atoms with Crippen LogP contribution in [0.3, 0.4) is 0 Å². The number of hydrogen-bond acceptors (Lipinski definition) is 6. The number of rotatable bonds is 4. The molecule has 128 valence electrons. The molecule has 0 spiro atoms. The van der Waals surface area contributed by atoms with E-state index in [1.54, 1.807) is 12.1 Å². The minimum absolute atomic E-state index is 0.103. The van der Waals surface area contributed by atoms with Gasteiger partial charge in [-0.25, -0.2) is 9.59 Å².